The van der Waals surface area contributed by atoms with Crippen molar-refractivity contribution in [1.29, 1.82) is 0 Å². The van der Waals surface area contributed by atoms with Crippen LogP contribution in [0.4, 0.5) is 4.39 Å². The molecule has 0 aliphatic heterocycles. The van der Waals surface area contributed by atoms with Gasteiger partial charge in [-0.2, -0.15) is 5.10 Å². The van der Waals surface area contributed by atoms with Crippen LogP contribution in [-0.2, 0) is 0 Å². The highest BCUT2D eigenvalue weighted by atomic mass is 19.1. The molecule has 94 valence electrons. The summed E-state index contributed by atoms with van der Waals surface area (Å²) in [6.07, 6.45) is 1.46. The van der Waals surface area contributed by atoms with E-state index in [0.717, 1.165) is 0 Å². The van der Waals surface area contributed by atoms with Crippen molar-refractivity contribution in [2.75, 3.05) is 14.1 Å². The van der Waals surface area contributed by atoms with Crippen molar-refractivity contribution < 1.29 is 9.18 Å². The highest BCUT2D eigenvalue weighted by molar-refractivity contribution is 5.94. The Morgan fingerprint density at radius 1 is 1.33 bits per heavy atom. The van der Waals surface area contributed by atoms with Crippen LogP contribution in [-0.4, -0.2) is 34.7 Å². The first-order valence-corrected chi connectivity index (χ1v) is 5.53. The Hall–Kier alpha value is -2.17. The van der Waals surface area contributed by atoms with Crippen molar-refractivity contribution in [3.63, 3.8) is 0 Å². The Kier molecular flexibility index (Phi) is 3.14. The molecule has 0 fully saturated rings. The van der Waals surface area contributed by atoms with Gasteiger partial charge in [0.1, 0.15) is 11.5 Å². The zero-order chi connectivity index (χ0) is 13.3. The number of aromatic nitrogens is 2. The minimum atomic E-state index is -0.368. The lowest BCUT2D eigenvalue weighted by Crippen LogP contribution is -2.22. The number of benzene rings is 1. The van der Waals surface area contributed by atoms with Crippen LogP contribution in [0, 0.1) is 12.7 Å². The second kappa shape index (κ2) is 4.60. The first-order valence-electron chi connectivity index (χ1n) is 5.53. The maximum Gasteiger partial charge on any atom is 0.256 e. The maximum atomic E-state index is 13.7. The summed E-state index contributed by atoms with van der Waals surface area (Å²) in [5.74, 6) is -0.511. The molecule has 0 aliphatic carbocycles. The van der Waals surface area contributed by atoms with Gasteiger partial charge in [0.15, 0.2) is 0 Å². The van der Waals surface area contributed by atoms with Gasteiger partial charge in [-0.3, -0.25) is 4.79 Å². The molecule has 18 heavy (non-hydrogen) atoms. The van der Waals surface area contributed by atoms with E-state index in [1.165, 1.54) is 21.8 Å². The highest BCUT2D eigenvalue weighted by Gasteiger charge is 2.17. The van der Waals surface area contributed by atoms with Crippen LogP contribution in [0.3, 0.4) is 0 Å². The molecule has 0 bridgehead atoms. The van der Waals surface area contributed by atoms with Crippen LogP contribution in [0.15, 0.2) is 30.5 Å². The zero-order valence-corrected chi connectivity index (χ0v) is 10.5. The van der Waals surface area contributed by atoms with Gasteiger partial charge in [0.05, 0.1) is 17.5 Å². The number of halogens is 1. The Bertz CT molecular complexity index is 590. The van der Waals surface area contributed by atoms with Crippen molar-refractivity contribution in [3.8, 4) is 5.69 Å². The summed E-state index contributed by atoms with van der Waals surface area (Å²) in [5, 5.41) is 4.08. The predicted molar refractivity (Wildman–Crippen MR) is 66.3 cm³/mol. The summed E-state index contributed by atoms with van der Waals surface area (Å²) < 4.78 is 15.1. The molecule has 1 aromatic carbocycles. The summed E-state index contributed by atoms with van der Waals surface area (Å²) in [6.45, 7) is 1.75. The van der Waals surface area contributed by atoms with Crippen molar-refractivity contribution in [2.45, 2.75) is 6.92 Å². The fraction of sp³-hybridized carbons (Fsp3) is 0.231. The monoisotopic (exact) mass is 247 g/mol. The molecule has 2 aromatic rings. The SMILES string of the molecule is Cc1c(C(=O)N(C)C)cnn1-c1ccccc1F. The number of nitrogens with zero attached hydrogens (tertiary/aromatic N) is 3. The molecule has 0 spiro atoms. The van der Waals surface area contributed by atoms with Crippen LogP contribution < -0.4 is 0 Å². The van der Waals surface area contributed by atoms with E-state index >= 15 is 0 Å². The standard InChI is InChI=1S/C13H14FN3O/c1-9-10(13(18)16(2)3)8-15-17(9)12-7-5-4-6-11(12)14/h4-8H,1-3H3. The summed E-state index contributed by atoms with van der Waals surface area (Å²) in [6, 6.07) is 6.33. The van der Waals surface area contributed by atoms with E-state index in [-0.39, 0.29) is 11.7 Å². The lowest BCUT2D eigenvalue weighted by molar-refractivity contribution is 0.0827. The lowest BCUT2D eigenvalue weighted by atomic mass is 10.2. The van der Waals surface area contributed by atoms with Crippen LogP contribution in [0.1, 0.15) is 16.1 Å². The Morgan fingerprint density at radius 2 is 2.00 bits per heavy atom. The highest BCUT2D eigenvalue weighted by Crippen LogP contribution is 2.17. The second-order valence-electron chi connectivity index (χ2n) is 4.21. The molecular weight excluding hydrogens is 233 g/mol. The quantitative estimate of drug-likeness (QED) is 0.814. The van der Waals surface area contributed by atoms with Crippen LogP contribution in [0.25, 0.3) is 5.69 Å². The van der Waals surface area contributed by atoms with E-state index in [1.807, 2.05) is 0 Å². The molecule has 0 N–H and O–H groups in total. The van der Waals surface area contributed by atoms with Gasteiger partial charge in [-0.05, 0) is 19.1 Å². The number of hydrogen-bond acceptors (Lipinski definition) is 2. The number of rotatable bonds is 2. The molecule has 2 rings (SSSR count). The van der Waals surface area contributed by atoms with E-state index < -0.39 is 0 Å². The van der Waals surface area contributed by atoms with Crippen molar-refractivity contribution in [1.82, 2.24) is 14.7 Å². The summed E-state index contributed by atoms with van der Waals surface area (Å²) in [7, 11) is 3.34. The summed E-state index contributed by atoms with van der Waals surface area (Å²) in [5.41, 5.74) is 1.44. The second-order valence-corrected chi connectivity index (χ2v) is 4.21. The lowest BCUT2D eigenvalue weighted by Gasteiger charge is -2.10. The smallest absolute Gasteiger partial charge is 0.256 e. The third-order valence-corrected chi connectivity index (χ3v) is 2.73. The molecule has 5 heteroatoms. The van der Waals surface area contributed by atoms with Crippen LogP contribution in [0.2, 0.25) is 0 Å². The van der Waals surface area contributed by atoms with E-state index in [2.05, 4.69) is 5.10 Å². The third kappa shape index (κ3) is 1.99. The molecule has 0 unspecified atom stereocenters. The van der Waals surface area contributed by atoms with Crippen molar-refractivity contribution in [2.24, 2.45) is 0 Å². The molecule has 1 amide bonds. The van der Waals surface area contributed by atoms with Gasteiger partial charge < -0.3 is 4.90 Å². The predicted octanol–water partition coefficient (Wildman–Crippen LogP) is 2.02. The number of carbonyl (C=O) groups is 1. The summed E-state index contributed by atoms with van der Waals surface area (Å²) >= 11 is 0. The van der Waals surface area contributed by atoms with Gasteiger partial charge in [-0.25, -0.2) is 9.07 Å². The van der Waals surface area contributed by atoms with E-state index in [9.17, 15) is 9.18 Å². The Labute approximate surface area is 105 Å². The Morgan fingerprint density at radius 3 is 2.61 bits per heavy atom. The van der Waals surface area contributed by atoms with Crippen molar-refractivity contribution >= 4 is 5.91 Å². The van der Waals surface area contributed by atoms with Gasteiger partial charge in [0, 0.05) is 14.1 Å². The Balaban J connectivity index is 2.50. The molecule has 0 radical (unpaired) electrons. The third-order valence-electron chi connectivity index (χ3n) is 2.73. The van der Waals surface area contributed by atoms with Gasteiger partial charge in [-0.1, -0.05) is 12.1 Å². The molecular formula is C13H14FN3O. The zero-order valence-electron chi connectivity index (χ0n) is 10.5. The molecule has 0 atom stereocenters. The van der Waals surface area contributed by atoms with Gasteiger partial charge >= 0.3 is 0 Å². The van der Waals surface area contributed by atoms with Crippen LogP contribution >= 0.6 is 0 Å². The summed E-state index contributed by atoms with van der Waals surface area (Å²) in [4.78, 5) is 13.3. The number of amides is 1. The fourth-order valence-electron chi connectivity index (χ4n) is 1.73. The fourth-order valence-corrected chi connectivity index (χ4v) is 1.73. The average Bonchev–Trinajstić information content (AvgIpc) is 2.71. The van der Waals surface area contributed by atoms with Gasteiger partial charge in [-0.15, -0.1) is 0 Å². The minimum Gasteiger partial charge on any atom is -0.345 e. The molecule has 0 aliphatic rings. The first kappa shape index (κ1) is 12.3. The number of carbonyl (C=O) groups excluding carboxylic acids is 1. The number of para-hydroxylation sites is 1. The van der Waals surface area contributed by atoms with E-state index in [0.29, 0.717) is 16.9 Å². The van der Waals surface area contributed by atoms with Crippen molar-refractivity contribution in [3.05, 3.63) is 47.5 Å². The maximum absolute atomic E-state index is 13.7. The van der Waals surface area contributed by atoms with Gasteiger partial charge in [0.25, 0.3) is 5.91 Å². The van der Waals surface area contributed by atoms with Crippen LogP contribution in [0.5, 0.6) is 0 Å². The molecule has 0 saturated carbocycles. The number of hydrogen-bond donors (Lipinski definition) is 0. The van der Waals surface area contributed by atoms with E-state index in [4.69, 9.17) is 0 Å². The average molecular weight is 247 g/mol. The van der Waals surface area contributed by atoms with E-state index in [1.54, 1.807) is 39.2 Å². The van der Waals surface area contributed by atoms with Gasteiger partial charge in [0.2, 0.25) is 0 Å². The topological polar surface area (TPSA) is 38.1 Å². The molecule has 1 heterocycles. The normalized spacial score (nSPS) is 10.4. The molecule has 1 aromatic heterocycles. The first-order chi connectivity index (χ1) is 8.52. The minimum absolute atomic E-state index is 0.143. The molecule has 0 saturated heterocycles. The molecule has 4 nitrogen and oxygen atoms in total. The largest absolute Gasteiger partial charge is 0.345 e.